The average molecular weight is 1730 g/mol. The number of rotatable bonds is 67. The van der Waals surface area contributed by atoms with Gasteiger partial charge in [0.05, 0.1) is 6.04 Å². The van der Waals surface area contributed by atoms with Gasteiger partial charge in [0.25, 0.3) is 0 Å². The highest BCUT2D eigenvalue weighted by Crippen LogP contribution is 2.17. The summed E-state index contributed by atoms with van der Waals surface area (Å²) in [7, 11) is 0. The van der Waals surface area contributed by atoms with E-state index < -0.39 is 179 Å². The van der Waals surface area contributed by atoms with E-state index in [-0.39, 0.29) is 133 Å². The van der Waals surface area contributed by atoms with Gasteiger partial charge in [-0.05, 0) is 263 Å². The summed E-state index contributed by atoms with van der Waals surface area (Å²) in [6.07, 6.45) is 6.69. The van der Waals surface area contributed by atoms with Gasteiger partial charge in [0.1, 0.15) is 84.6 Å². The average Bonchev–Trinajstić information content (AvgIpc) is 0.859. The van der Waals surface area contributed by atoms with Crippen molar-refractivity contribution >= 4 is 88.7 Å². The Balaban J connectivity index is 3.57. The molecule has 0 aliphatic heterocycles. The first-order valence-corrected chi connectivity index (χ1v) is 44.0. The second kappa shape index (κ2) is 63.0. The topological polar surface area (TPSA) is 653 Å². The summed E-state index contributed by atoms with van der Waals surface area (Å²) in [6, 6.07) is -9.61. The molecule has 15 atom stereocenters. The molecule has 1 aromatic carbocycles. The van der Waals surface area contributed by atoms with Crippen molar-refractivity contribution in [2.45, 2.75) is 334 Å². The van der Waals surface area contributed by atoms with E-state index in [2.05, 4.69) is 74.4 Å². The third-order valence-corrected chi connectivity index (χ3v) is 20.3. The highest BCUT2D eigenvalue weighted by Gasteiger charge is 2.38. The van der Waals surface area contributed by atoms with Gasteiger partial charge in [-0.2, -0.15) is 0 Å². The Kier molecular flexibility index (Phi) is 57.3. The largest absolute Gasteiger partial charge is 0.480 e. The molecule has 0 spiro atoms. The number of nitrogens with two attached hydrogens (primary N) is 8. The van der Waals surface area contributed by atoms with Crippen molar-refractivity contribution in [2.75, 3.05) is 45.8 Å². The molecular weight excluding hydrogens is 1570 g/mol. The summed E-state index contributed by atoms with van der Waals surface area (Å²) < 4.78 is 0. The smallest absolute Gasteiger partial charge is 0.326 e. The number of aliphatic carboxylic acids is 1. The lowest BCUT2D eigenvalue weighted by molar-refractivity contribution is -0.143. The van der Waals surface area contributed by atoms with Gasteiger partial charge in [0, 0.05) is 0 Å². The number of carboxylic acids is 1. The molecule has 0 saturated carbocycles. The Hall–Kier alpha value is -9.05. The van der Waals surface area contributed by atoms with E-state index in [1.54, 1.807) is 41.5 Å². The first-order chi connectivity index (χ1) is 57.8. The van der Waals surface area contributed by atoms with Crippen LogP contribution in [0.15, 0.2) is 30.3 Å². The molecule has 0 heterocycles. The standard InChI is InChI=1S/C84H154N22O16/c1-50(2)45-66(81(118)94-55(10)71(108)97-60(32-16-23-39-86)75(112)101-65(37-21-28-44-91)80(117)106-69(84(121)122)48-53(7)8)103-77(114)61(33-17-24-40-87)98-72(109)56(11)95-82(119)67(46-51(3)4)104-78(115)63(35-19-26-42-89)100-76(113)62(34-18-25-41-88)102-83(120)68(47-52(5)6)105-79(116)64(36-20-27-43-90)99-74(111)59(31-15-22-38-85)96-70(107)54(9)93-73(110)58(92)49-57-29-13-12-14-30-57/h12-14,29-30,50-56,58-69H,15-28,31-49,85-92H2,1-11H3,(H,93,110)(H,94,118)(H,95,119)(H,96,107)(H,97,108)(H,98,109)(H,99,111)(H,100,113)(H,101,112)(H,102,120)(H,103,114)(H,104,115)(H,105,116)(H,106,117)(H,121,122)/t54-,55-,56-,58-,59-,60-,61-,62-,63-,64-,65-,66-,67-,68-,69-/m0/s1. The fourth-order valence-electron chi connectivity index (χ4n) is 13.3. The SMILES string of the molecule is CC(C)C[C@H](NC(=O)[C@H](CCCCN)NC(=O)[C@H](CCCCN)NC(=O)[C@H](C)NC(=O)[C@H](CC(C)C)NC(=O)[C@H](CCCCN)NC(=O)[C@H](C)NC(=O)[C@H](CC(C)C)NC(=O)[C@H](CCCCN)NC(=O)[C@H](CCCCN)NC(=O)[C@H](CC(C)C)NC(=O)[C@H](CCCCN)NC(=O)[C@H](CCCCN)NC(=O)[C@H](C)NC(=O)[C@@H](N)Cc1ccccc1)C(=O)O. The highest BCUT2D eigenvalue weighted by molar-refractivity contribution is 6.00. The van der Waals surface area contributed by atoms with E-state index in [1.807, 2.05) is 44.2 Å². The number of benzene rings is 1. The monoisotopic (exact) mass is 1730 g/mol. The molecule has 31 N–H and O–H groups in total. The van der Waals surface area contributed by atoms with Crippen LogP contribution in [0, 0.1) is 23.7 Å². The lowest BCUT2D eigenvalue weighted by Crippen LogP contribution is -2.61. The Labute approximate surface area is 722 Å². The van der Waals surface area contributed by atoms with Gasteiger partial charge in [-0.3, -0.25) is 67.1 Å². The Morgan fingerprint density at radius 2 is 0.426 bits per heavy atom. The number of carbonyl (C=O) groups excluding carboxylic acids is 14. The van der Waals surface area contributed by atoms with Crippen molar-refractivity contribution in [2.24, 2.45) is 69.5 Å². The van der Waals surface area contributed by atoms with E-state index in [1.165, 1.54) is 20.8 Å². The van der Waals surface area contributed by atoms with Crippen LogP contribution in [-0.4, -0.2) is 230 Å². The number of carbonyl (C=O) groups is 15. The van der Waals surface area contributed by atoms with Gasteiger partial charge < -0.3 is 125 Å². The van der Waals surface area contributed by atoms with Gasteiger partial charge >= 0.3 is 5.97 Å². The molecule has 0 aromatic heterocycles. The lowest BCUT2D eigenvalue weighted by atomic mass is 10.00. The maximum atomic E-state index is 14.7. The van der Waals surface area contributed by atoms with Crippen molar-refractivity contribution in [1.82, 2.24) is 74.4 Å². The van der Waals surface area contributed by atoms with Crippen LogP contribution in [0.1, 0.15) is 242 Å². The van der Waals surface area contributed by atoms with Crippen LogP contribution < -0.4 is 120 Å². The fourth-order valence-corrected chi connectivity index (χ4v) is 13.3. The van der Waals surface area contributed by atoms with Crippen LogP contribution in [0.4, 0.5) is 0 Å². The zero-order chi connectivity index (χ0) is 92.0. The van der Waals surface area contributed by atoms with Crippen LogP contribution in [0.3, 0.4) is 0 Å². The Morgan fingerprint density at radius 3 is 0.639 bits per heavy atom. The van der Waals surface area contributed by atoms with Gasteiger partial charge in [-0.15, -0.1) is 0 Å². The fraction of sp³-hybridized carbons (Fsp3) is 0.750. The molecule has 38 heteroatoms. The molecule has 0 saturated heterocycles. The maximum absolute atomic E-state index is 14.7. The van der Waals surface area contributed by atoms with Gasteiger partial charge in [-0.1, -0.05) is 85.7 Å². The molecule has 0 fully saturated rings. The van der Waals surface area contributed by atoms with Crippen LogP contribution in [0.5, 0.6) is 0 Å². The second-order valence-electron chi connectivity index (χ2n) is 33.5. The maximum Gasteiger partial charge on any atom is 0.326 e. The molecule has 14 amide bonds. The molecule has 0 unspecified atom stereocenters. The van der Waals surface area contributed by atoms with Crippen molar-refractivity contribution in [3.05, 3.63) is 35.9 Å². The molecule has 0 bridgehead atoms. The minimum absolute atomic E-state index is 0.0199. The second-order valence-corrected chi connectivity index (χ2v) is 33.5. The number of unbranched alkanes of at least 4 members (excludes halogenated alkanes) is 7. The minimum Gasteiger partial charge on any atom is -0.480 e. The quantitative estimate of drug-likeness (QED) is 0.0333. The molecule has 38 nitrogen and oxygen atoms in total. The Morgan fingerprint density at radius 1 is 0.246 bits per heavy atom. The lowest BCUT2D eigenvalue weighted by Gasteiger charge is -2.29. The zero-order valence-corrected chi connectivity index (χ0v) is 74.4. The number of hydrogen-bond donors (Lipinski definition) is 23. The molecular formula is C84H154N22O16. The van der Waals surface area contributed by atoms with E-state index in [9.17, 15) is 77.0 Å². The van der Waals surface area contributed by atoms with Crippen molar-refractivity contribution in [3.63, 3.8) is 0 Å². The first-order valence-electron chi connectivity index (χ1n) is 44.0. The van der Waals surface area contributed by atoms with Crippen LogP contribution in [0.25, 0.3) is 0 Å². The normalized spacial score (nSPS) is 15.1. The van der Waals surface area contributed by atoms with Crippen LogP contribution in [-0.2, 0) is 78.3 Å². The van der Waals surface area contributed by atoms with E-state index in [4.69, 9.17) is 45.9 Å². The first kappa shape index (κ1) is 111. The molecule has 1 rings (SSSR count). The third-order valence-electron chi connectivity index (χ3n) is 20.3. The van der Waals surface area contributed by atoms with Crippen LogP contribution in [0.2, 0.25) is 0 Å². The molecule has 0 aliphatic rings. The third kappa shape index (κ3) is 46.4. The summed E-state index contributed by atoms with van der Waals surface area (Å²) in [5.74, 6) is -12.6. The number of nitrogens with one attached hydrogen (secondary N) is 14. The summed E-state index contributed by atoms with van der Waals surface area (Å²) in [5, 5.41) is 47.8. The minimum atomic E-state index is -1.35. The molecule has 0 aliphatic carbocycles. The predicted molar refractivity (Wildman–Crippen MR) is 468 cm³/mol. The zero-order valence-electron chi connectivity index (χ0n) is 74.4. The summed E-state index contributed by atoms with van der Waals surface area (Å²) in [4.78, 5) is 211. The molecule has 696 valence electrons. The van der Waals surface area contributed by atoms with Crippen molar-refractivity contribution in [1.29, 1.82) is 0 Å². The summed E-state index contributed by atoms with van der Waals surface area (Å²) >= 11 is 0. The van der Waals surface area contributed by atoms with Crippen molar-refractivity contribution in [3.8, 4) is 0 Å². The predicted octanol–water partition coefficient (Wildman–Crippen LogP) is -1.42. The van der Waals surface area contributed by atoms with E-state index in [0.717, 1.165) is 5.56 Å². The van der Waals surface area contributed by atoms with E-state index >= 15 is 0 Å². The Bertz CT molecular complexity index is 3340. The molecule has 0 radical (unpaired) electrons. The number of hydrogen-bond acceptors (Lipinski definition) is 23. The number of carboxylic acid groups (broad SMARTS) is 1. The highest BCUT2D eigenvalue weighted by atomic mass is 16.4. The van der Waals surface area contributed by atoms with E-state index in [0.29, 0.717) is 103 Å². The van der Waals surface area contributed by atoms with Gasteiger partial charge in [0.15, 0.2) is 0 Å². The van der Waals surface area contributed by atoms with Gasteiger partial charge in [0.2, 0.25) is 82.7 Å². The van der Waals surface area contributed by atoms with Crippen LogP contribution >= 0.6 is 0 Å². The van der Waals surface area contributed by atoms with Crippen molar-refractivity contribution < 1.29 is 77.0 Å². The molecule has 122 heavy (non-hydrogen) atoms. The molecule has 1 aromatic rings. The van der Waals surface area contributed by atoms with Gasteiger partial charge in [-0.25, -0.2) is 4.79 Å². The summed E-state index contributed by atoms with van der Waals surface area (Å²) in [6.45, 7) is 20.4. The number of amides is 14. The summed E-state index contributed by atoms with van der Waals surface area (Å²) in [5.41, 5.74) is 47.8.